The monoisotopic (exact) mass is 292 g/mol. The maximum atomic E-state index is 11.9. The molecule has 0 unspecified atom stereocenters. The predicted molar refractivity (Wildman–Crippen MR) is 85.1 cm³/mol. The molecule has 0 spiro atoms. The lowest BCUT2D eigenvalue weighted by atomic mass is 10.2. The maximum absolute atomic E-state index is 11.9. The summed E-state index contributed by atoms with van der Waals surface area (Å²) in [7, 11) is 1.91. The van der Waals surface area contributed by atoms with Gasteiger partial charge in [-0.05, 0) is 17.7 Å². The van der Waals surface area contributed by atoms with Crippen LogP contribution in [-0.2, 0) is 16.1 Å². The van der Waals surface area contributed by atoms with Crippen molar-refractivity contribution in [1.29, 1.82) is 0 Å². The van der Waals surface area contributed by atoms with Crippen LogP contribution in [0.2, 0.25) is 0 Å². The van der Waals surface area contributed by atoms with Crippen LogP contribution in [0, 0.1) is 0 Å². The van der Waals surface area contributed by atoms with E-state index in [9.17, 15) is 4.79 Å². The van der Waals surface area contributed by atoms with Gasteiger partial charge >= 0.3 is 5.97 Å². The minimum atomic E-state index is -0.418. The van der Waals surface area contributed by atoms with E-state index in [1.165, 1.54) is 5.56 Å². The van der Waals surface area contributed by atoms with E-state index in [4.69, 9.17) is 4.74 Å². The molecule has 1 aliphatic heterocycles. The first-order chi connectivity index (χ1) is 10.7. The summed E-state index contributed by atoms with van der Waals surface area (Å²) in [5.41, 5.74) is 2.28. The molecule has 1 aliphatic rings. The zero-order valence-electron chi connectivity index (χ0n) is 12.3. The summed E-state index contributed by atoms with van der Waals surface area (Å²) in [6.07, 6.45) is 1.71. The Kier molecular flexibility index (Phi) is 4.01. The van der Waals surface area contributed by atoms with E-state index in [0.717, 1.165) is 5.56 Å². The normalized spacial score (nSPS) is 15.6. The molecule has 0 atom stereocenters. The van der Waals surface area contributed by atoms with Crippen molar-refractivity contribution in [3.63, 3.8) is 0 Å². The molecule has 22 heavy (non-hydrogen) atoms. The summed E-state index contributed by atoms with van der Waals surface area (Å²) in [6, 6.07) is 19.5. The lowest BCUT2D eigenvalue weighted by Crippen LogP contribution is -2.12. The molecule has 4 heteroatoms. The Morgan fingerprint density at radius 2 is 1.68 bits per heavy atom. The van der Waals surface area contributed by atoms with Crippen LogP contribution in [0.25, 0.3) is 0 Å². The zero-order chi connectivity index (χ0) is 15.4. The summed E-state index contributed by atoms with van der Waals surface area (Å²) in [5, 5.41) is 0. The van der Waals surface area contributed by atoms with Crippen LogP contribution in [0.5, 0.6) is 0 Å². The Balaban J connectivity index is 1.76. The summed E-state index contributed by atoms with van der Waals surface area (Å²) >= 11 is 0. The van der Waals surface area contributed by atoms with Gasteiger partial charge in [0, 0.05) is 25.4 Å². The number of hydrogen-bond acceptors (Lipinski definition) is 4. The van der Waals surface area contributed by atoms with Crippen LogP contribution >= 0.6 is 0 Å². The predicted octanol–water partition coefficient (Wildman–Crippen LogP) is 2.96. The van der Waals surface area contributed by atoms with Crippen molar-refractivity contribution in [2.75, 3.05) is 7.05 Å². The average Bonchev–Trinajstić information content (AvgIpc) is 2.90. The molecule has 0 bridgehead atoms. The molecular weight excluding hydrogens is 276 g/mol. The third-order valence-electron chi connectivity index (χ3n) is 3.26. The quantitative estimate of drug-likeness (QED) is 0.642. The van der Waals surface area contributed by atoms with Gasteiger partial charge in [-0.15, -0.1) is 0 Å². The standard InChI is InChI=1S/C18H16N2O2/c1-20(12-14-8-4-2-5-9-14)13-16-18(21)22-17(19-16)15-10-6-3-7-11-15/h2-11,13H,12H2,1H3/b16-13+. The van der Waals surface area contributed by atoms with Gasteiger partial charge in [0.15, 0.2) is 5.70 Å². The third kappa shape index (κ3) is 3.23. The molecule has 110 valence electrons. The highest BCUT2D eigenvalue weighted by Gasteiger charge is 2.24. The second-order valence-electron chi connectivity index (χ2n) is 5.09. The van der Waals surface area contributed by atoms with Gasteiger partial charge in [-0.1, -0.05) is 48.5 Å². The number of rotatable bonds is 4. The second kappa shape index (κ2) is 6.26. The van der Waals surface area contributed by atoms with E-state index in [1.54, 1.807) is 6.20 Å². The number of esters is 1. The summed E-state index contributed by atoms with van der Waals surface area (Å²) in [5.74, 6) is -0.0660. The minimum Gasteiger partial charge on any atom is -0.402 e. The van der Waals surface area contributed by atoms with E-state index in [-0.39, 0.29) is 0 Å². The maximum Gasteiger partial charge on any atom is 0.365 e. The molecule has 0 saturated heterocycles. The Bertz CT molecular complexity index is 721. The largest absolute Gasteiger partial charge is 0.402 e. The fourth-order valence-corrected chi connectivity index (χ4v) is 2.23. The first-order valence-electron chi connectivity index (χ1n) is 7.04. The number of carbonyl (C=O) groups excluding carboxylic acids is 1. The Morgan fingerprint density at radius 1 is 1.05 bits per heavy atom. The molecule has 0 aliphatic carbocycles. The van der Waals surface area contributed by atoms with E-state index >= 15 is 0 Å². The molecular formula is C18H16N2O2. The minimum absolute atomic E-state index is 0.317. The van der Waals surface area contributed by atoms with Crippen LogP contribution < -0.4 is 0 Å². The number of carbonyl (C=O) groups is 1. The van der Waals surface area contributed by atoms with Crippen LogP contribution in [0.15, 0.2) is 77.6 Å². The summed E-state index contributed by atoms with van der Waals surface area (Å²) in [6.45, 7) is 0.702. The Labute approximate surface area is 129 Å². The van der Waals surface area contributed by atoms with E-state index in [1.807, 2.05) is 72.6 Å². The van der Waals surface area contributed by atoms with Gasteiger partial charge in [0.25, 0.3) is 0 Å². The van der Waals surface area contributed by atoms with Gasteiger partial charge in [0.1, 0.15) is 0 Å². The van der Waals surface area contributed by atoms with Crippen molar-refractivity contribution in [3.8, 4) is 0 Å². The highest BCUT2D eigenvalue weighted by Crippen LogP contribution is 2.17. The SMILES string of the molecule is CN(/C=C1/N=C(c2ccccc2)OC1=O)Cc1ccccc1. The lowest BCUT2D eigenvalue weighted by molar-refractivity contribution is -0.130. The molecule has 0 radical (unpaired) electrons. The number of cyclic esters (lactones) is 1. The second-order valence-corrected chi connectivity index (χ2v) is 5.09. The Hall–Kier alpha value is -2.88. The van der Waals surface area contributed by atoms with E-state index < -0.39 is 5.97 Å². The van der Waals surface area contributed by atoms with Crippen LogP contribution in [0.1, 0.15) is 11.1 Å². The van der Waals surface area contributed by atoms with E-state index in [0.29, 0.717) is 18.1 Å². The van der Waals surface area contributed by atoms with Crippen LogP contribution in [0.3, 0.4) is 0 Å². The number of hydrogen-bond donors (Lipinski definition) is 0. The van der Waals surface area contributed by atoms with Gasteiger partial charge in [-0.2, -0.15) is 0 Å². The molecule has 0 amide bonds. The van der Waals surface area contributed by atoms with Crippen molar-refractivity contribution in [2.24, 2.45) is 4.99 Å². The number of benzene rings is 2. The first-order valence-corrected chi connectivity index (χ1v) is 7.04. The smallest absolute Gasteiger partial charge is 0.365 e. The molecule has 2 aromatic carbocycles. The fraction of sp³-hybridized carbons (Fsp3) is 0.111. The average molecular weight is 292 g/mol. The topological polar surface area (TPSA) is 41.9 Å². The van der Waals surface area contributed by atoms with Gasteiger partial charge < -0.3 is 9.64 Å². The Morgan fingerprint density at radius 3 is 2.36 bits per heavy atom. The van der Waals surface area contributed by atoms with Crippen LogP contribution in [-0.4, -0.2) is 23.8 Å². The van der Waals surface area contributed by atoms with Crippen molar-refractivity contribution in [1.82, 2.24) is 4.90 Å². The van der Waals surface area contributed by atoms with E-state index in [2.05, 4.69) is 4.99 Å². The molecule has 0 saturated carbocycles. The molecule has 2 aromatic rings. The summed E-state index contributed by atoms with van der Waals surface area (Å²) < 4.78 is 5.23. The molecule has 3 rings (SSSR count). The summed E-state index contributed by atoms with van der Waals surface area (Å²) in [4.78, 5) is 18.1. The van der Waals surface area contributed by atoms with Crippen molar-refractivity contribution in [3.05, 3.63) is 83.7 Å². The molecule has 1 heterocycles. The molecule has 4 nitrogen and oxygen atoms in total. The lowest BCUT2D eigenvalue weighted by Gasteiger charge is -2.13. The first kappa shape index (κ1) is 14.1. The van der Waals surface area contributed by atoms with Crippen molar-refractivity contribution < 1.29 is 9.53 Å². The van der Waals surface area contributed by atoms with Crippen molar-refractivity contribution >= 4 is 11.9 Å². The van der Waals surface area contributed by atoms with Gasteiger partial charge in [-0.25, -0.2) is 9.79 Å². The molecule has 0 aromatic heterocycles. The van der Waals surface area contributed by atoms with Crippen LogP contribution in [0.4, 0.5) is 0 Å². The molecule has 0 fully saturated rings. The van der Waals surface area contributed by atoms with Gasteiger partial charge in [0.2, 0.25) is 5.90 Å². The number of aliphatic imine (C=N–C) groups is 1. The number of nitrogens with zero attached hydrogens (tertiary/aromatic N) is 2. The highest BCUT2D eigenvalue weighted by atomic mass is 16.6. The van der Waals surface area contributed by atoms with Crippen molar-refractivity contribution in [2.45, 2.75) is 6.54 Å². The highest BCUT2D eigenvalue weighted by molar-refractivity contribution is 6.11. The zero-order valence-corrected chi connectivity index (χ0v) is 12.3. The molecule has 0 N–H and O–H groups in total. The number of ether oxygens (including phenoxy) is 1. The van der Waals surface area contributed by atoms with Gasteiger partial charge in [0.05, 0.1) is 0 Å². The van der Waals surface area contributed by atoms with Gasteiger partial charge in [-0.3, -0.25) is 0 Å². The third-order valence-corrected chi connectivity index (χ3v) is 3.26. The fourth-order valence-electron chi connectivity index (χ4n) is 2.23.